The van der Waals surface area contributed by atoms with Gasteiger partial charge in [0.15, 0.2) is 6.61 Å². The van der Waals surface area contributed by atoms with Gasteiger partial charge in [-0.3, -0.25) is 9.63 Å². The van der Waals surface area contributed by atoms with Crippen molar-refractivity contribution in [3.63, 3.8) is 0 Å². The minimum Gasteiger partial charge on any atom is -0.481 e. The molecule has 0 fully saturated rings. The van der Waals surface area contributed by atoms with Crippen LogP contribution in [-0.4, -0.2) is 46.7 Å². The predicted molar refractivity (Wildman–Crippen MR) is 141 cm³/mol. The number of nitrogens with zero attached hydrogens (tertiary/aromatic N) is 2. The number of hydrogen-bond acceptors (Lipinski definition) is 5. The Morgan fingerprint density at radius 1 is 1.03 bits per heavy atom. The maximum atomic E-state index is 12.8. The van der Waals surface area contributed by atoms with Crippen molar-refractivity contribution in [3.05, 3.63) is 65.4 Å². The number of ether oxygens (including phenoxy) is 1. The van der Waals surface area contributed by atoms with Crippen LogP contribution in [0.4, 0.5) is 0 Å². The third-order valence-electron chi connectivity index (χ3n) is 7.45. The van der Waals surface area contributed by atoms with Crippen LogP contribution in [0.15, 0.2) is 48.5 Å². The SMILES string of the molecule is CC[N+](CC)(OC(=O)COc1cccc2c1c1c(n2Cc2ccccc2)CCCCC1C(N)=O)C(C)=O. The zero-order chi connectivity index (χ0) is 26.6. The van der Waals surface area contributed by atoms with Crippen LogP contribution in [0.2, 0.25) is 0 Å². The largest absolute Gasteiger partial charge is 0.481 e. The molecule has 2 aromatic carbocycles. The molecule has 1 heterocycles. The molecule has 196 valence electrons. The molecule has 0 aliphatic heterocycles. The second-order valence-electron chi connectivity index (χ2n) is 9.58. The fourth-order valence-corrected chi connectivity index (χ4v) is 5.45. The van der Waals surface area contributed by atoms with E-state index in [0.29, 0.717) is 31.8 Å². The molecule has 0 saturated carbocycles. The highest BCUT2D eigenvalue weighted by Gasteiger charge is 2.36. The van der Waals surface area contributed by atoms with Gasteiger partial charge in [0, 0.05) is 17.6 Å². The van der Waals surface area contributed by atoms with E-state index >= 15 is 0 Å². The van der Waals surface area contributed by atoms with Crippen molar-refractivity contribution < 1.29 is 28.6 Å². The number of hydrogen-bond donors (Lipinski definition) is 1. The first-order chi connectivity index (χ1) is 17.8. The summed E-state index contributed by atoms with van der Waals surface area (Å²) in [7, 11) is 0. The number of benzene rings is 2. The summed E-state index contributed by atoms with van der Waals surface area (Å²) >= 11 is 0. The van der Waals surface area contributed by atoms with Gasteiger partial charge in [0.25, 0.3) is 0 Å². The van der Waals surface area contributed by atoms with Gasteiger partial charge in [-0.2, -0.15) is 0 Å². The maximum absolute atomic E-state index is 12.8. The fourth-order valence-electron chi connectivity index (χ4n) is 5.45. The summed E-state index contributed by atoms with van der Waals surface area (Å²) in [5.74, 6) is -1.16. The van der Waals surface area contributed by atoms with Gasteiger partial charge in [-0.15, -0.1) is 0 Å². The summed E-state index contributed by atoms with van der Waals surface area (Å²) in [5.41, 5.74) is 9.97. The molecular weight excluding hydrogens is 470 g/mol. The van der Waals surface area contributed by atoms with Gasteiger partial charge >= 0.3 is 11.9 Å². The summed E-state index contributed by atoms with van der Waals surface area (Å²) in [6.07, 6.45) is 3.37. The first-order valence-corrected chi connectivity index (χ1v) is 13.0. The lowest BCUT2D eigenvalue weighted by atomic mass is 9.92. The lowest BCUT2D eigenvalue weighted by molar-refractivity contribution is -1.02. The Kier molecular flexibility index (Phi) is 7.97. The first-order valence-electron chi connectivity index (χ1n) is 13.0. The van der Waals surface area contributed by atoms with Gasteiger partial charge in [0.05, 0.1) is 18.4 Å². The monoisotopic (exact) mass is 506 g/mol. The van der Waals surface area contributed by atoms with E-state index in [4.69, 9.17) is 15.3 Å². The van der Waals surface area contributed by atoms with Crippen LogP contribution >= 0.6 is 0 Å². The molecule has 3 aromatic rings. The van der Waals surface area contributed by atoms with E-state index in [1.807, 2.05) is 30.3 Å². The van der Waals surface area contributed by atoms with Crippen LogP contribution in [0.3, 0.4) is 0 Å². The lowest BCUT2D eigenvalue weighted by Crippen LogP contribution is -2.53. The number of aromatic nitrogens is 1. The van der Waals surface area contributed by atoms with Crippen molar-refractivity contribution in [1.29, 1.82) is 0 Å². The van der Waals surface area contributed by atoms with Crippen molar-refractivity contribution in [2.45, 2.75) is 58.9 Å². The predicted octanol–water partition coefficient (Wildman–Crippen LogP) is 4.23. The average Bonchev–Trinajstić information content (AvgIpc) is 3.04. The minimum absolute atomic E-state index is 0.243. The van der Waals surface area contributed by atoms with Gasteiger partial charge in [0.2, 0.25) is 5.91 Å². The number of rotatable bonds is 8. The minimum atomic E-state index is -0.628. The molecule has 0 spiro atoms. The second kappa shape index (κ2) is 11.2. The number of amides is 2. The number of carbonyl (C=O) groups is 3. The summed E-state index contributed by atoms with van der Waals surface area (Å²) < 4.78 is 7.89. The highest BCUT2D eigenvalue weighted by Crippen LogP contribution is 2.42. The molecule has 2 N–H and O–H groups in total. The number of hydroxylamine groups is 3. The molecule has 0 radical (unpaired) electrons. The Labute approximate surface area is 217 Å². The molecule has 4 rings (SSSR count). The molecule has 8 nitrogen and oxygen atoms in total. The van der Waals surface area contributed by atoms with E-state index in [1.165, 1.54) is 6.92 Å². The number of nitrogens with two attached hydrogens (primary N) is 1. The molecule has 2 amide bonds. The van der Waals surface area contributed by atoms with E-state index in [-0.39, 0.29) is 23.1 Å². The number of primary amides is 1. The molecule has 1 aliphatic carbocycles. The van der Waals surface area contributed by atoms with Crippen LogP contribution in [0.1, 0.15) is 62.8 Å². The first kappa shape index (κ1) is 26.4. The number of quaternary nitrogens is 1. The van der Waals surface area contributed by atoms with E-state index in [0.717, 1.165) is 47.0 Å². The van der Waals surface area contributed by atoms with Gasteiger partial charge in [-0.1, -0.05) is 47.5 Å². The summed E-state index contributed by atoms with van der Waals surface area (Å²) in [4.78, 5) is 43.1. The molecule has 0 saturated heterocycles. The van der Waals surface area contributed by atoms with Gasteiger partial charge in [-0.05, 0) is 56.4 Å². The summed E-state index contributed by atoms with van der Waals surface area (Å²) in [6, 6.07) is 15.9. The summed E-state index contributed by atoms with van der Waals surface area (Å²) in [5, 5.41) is 0.810. The highest BCUT2D eigenvalue weighted by molar-refractivity contribution is 5.97. The van der Waals surface area contributed by atoms with Crippen molar-refractivity contribution in [2.24, 2.45) is 5.73 Å². The average molecular weight is 507 g/mol. The molecule has 1 aromatic heterocycles. The number of fused-ring (bicyclic) bond motifs is 3. The van der Waals surface area contributed by atoms with Crippen LogP contribution in [0, 0.1) is 0 Å². The van der Waals surface area contributed by atoms with Crippen LogP contribution in [0.5, 0.6) is 5.75 Å². The molecule has 1 aliphatic rings. The summed E-state index contributed by atoms with van der Waals surface area (Å²) in [6.45, 7) is 5.98. The van der Waals surface area contributed by atoms with Crippen molar-refractivity contribution in [3.8, 4) is 5.75 Å². The Hall–Kier alpha value is -3.65. The maximum Gasteiger partial charge on any atom is 0.404 e. The molecule has 37 heavy (non-hydrogen) atoms. The second-order valence-corrected chi connectivity index (χ2v) is 9.58. The van der Waals surface area contributed by atoms with E-state index in [9.17, 15) is 14.4 Å². The van der Waals surface area contributed by atoms with Gasteiger partial charge in [0.1, 0.15) is 18.8 Å². The van der Waals surface area contributed by atoms with E-state index in [2.05, 4.69) is 16.7 Å². The zero-order valence-corrected chi connectivity index (χ0v) is 21.9. The van der Waals surface area contributed by atoms with Crippen LogP contribution in [-0.2, 0) is 32.2 Å². The zero-order valence-electron chi connectivity index (χ0n) is 21.9. The Bertz CT molecular complexity index is 1290. The van der Waals surface area contributed by atoms with Crippen LogP contribution < -0.4 is 10.5 Å². The standard InChI is InChI=1S/C29H35N3O5/c1-4-32(5-2,20(3)33)37-26(34)19-36-25-17-11-16-24-28(25)27-22(29(30)35)14-9-10-15-23(27)31(24)18-21-12-7-6-8-13-21/h6-8,11-13,16-17,22H,4-5,9-10,14-15,18-19H2,1-3H3,(H-,30,35)/p+1. The smallest absolute Gasteiger partial charge is 0.404 e. The third kappa shape index (κ3) is 5.25. The Morgan fingerprint density at radius 3 is 2.41 bits per heavy atom. The van der Waals surface area contributed by atoms with Gasteiger partial charge in [-0.25, -0.2) is 9.59 Å². The van der Waals surface area contributed by atoms with Crippen molar-refractivity contribution in [1.82, 2.24) is 4.57 Å². The molecule has 1 atom stereocenters. The van der Waals surface area contributed by atoms with E-state index < -0.39 is 11.9 Å². The van der Waals surface area contributed by atoms with Crippen LogP contribution in [0.25, 0.3) is 10.9 Å². The molecular formula is C29H36N3O5+. The number of carbonyl (C=O) groups excluding carboxylic acids is 3. The topological polar surface area (TPSA) is 101 Å². The highest BCUT2D eigenvalue weighted by atomic mass is 16.8. The lowest BCUT2D eigenvalue weighted by Gasteiger charge is -2.28. The van der Waals surface area contributed by atoms with Crippen molar-refractivity contribution in [2.75, 3.05) is 19.7 Å². The Balaban J connectivity index is 1.75. The third-order valence-corrected chi connectivity index (χ3v) is 7.45. The molecule has 8 heteroatoms. The fraction of sp³-hybridized carbons (Fsp3) is 0.414. The van der Waals surface area contributed by atoms with E-state index in [1.54, 1.807) is 19.9 Å². The molecule has 1 unspecified atom stereocenters. The molecule has 0 bridgehead atoms. The van der Waals surface area contributed by atoms with Gasteiger partial charge < -0.3 is 15.0 Å². The van der Waals surface area contributed by atoms with Crippen molar-refractivity contribution >= 4 is 28.7 Å². The Morgan fingerprint density at radius 2 is 1.76 bits per heavy atom. The quantitative estimate of drug-likeness (QED) is 0.280. The normalized spacial score (nSPS) is 15.6.